The average molecular weight is 146 g/mol. The summed E-state index contributed by atoms with van der Waals surface area (Å²) in [6.07, 6.45) is 2.50. The van der Waals surface area contributed by atoms with Crippen LogP contribution in [0.25, 0.3) is 0 Å². The van der Waals surface area contributed by atoms with Crippen molar-refractivity contribution in [3.8, 4) is 11.8 Å². The third-order valence-corrected chi connectivity index (χ3v) is 1.24. The van der Waals surface area contributed by atoms with E-state index in [1.54, 1.807) is 6.20 Å². The number of pyridine rings is 1. The van der Waals surface area contributed by atoms with Gasteiger partial charge in [-0.15, -0.1) is 0 Å². The minimum atomic E-state index is 0.508. The molecule has 0 unspecified atom stereocenters. The summed E-state index contributed by atoms with van der Waals surface area (Å²) < 4.78 is 0. The molecule has 0 amide bonds. The Bertz CT molecular complexity index is 294. The molecule has 0 spiro atoms. The highest BCUT2D eigenvalue weighted by atomic mass is 14.8. The van der Waals surface area contributed by atoms with Gasteiger partial charge in [0, 0.05) is 12.6 Å². The van der Waals surface area contributed by atoms with Crippen molar-refractivity contribution in [3.05, 3.63) is 23.9 Å². The van der Waals surface area contributed by atoms with Crippen molar-refractivity contribution in [1.82, 2.24) is 4.98 Å². The van der Waals surface area contributed by atoms with Gasteiger partial charge >= 0.3 is 0 Å². The molecule has 1 aromatic heterocycles. The molecule has 2 nitrogen and oxygen atoms in total. The van der Waals surface area contributed by atoms with Gasteiger partial charge in [0.1, 0.15) is 5.82 Å². The van der Waals surface area contributed by atoms with Crippen molar-refractivity contribution in [1.29, 1.82) is 0 Å². The predicted octanol–water partition coefficient (Wildman–Crippen LogP) is 1.43. The van der Waals surface area contributed by atoms with Gasteiger partial charge in [0.2, 0.25) is 0 Å². The predicted molar refractivity (Wildman–Crippen MR) is 45.8 cm³/mol. The number of anilines is 1. The minimum absolute atomic E-state index is 0.508. The molecule has 0 saturated heterocycles. The zero-order valence-electron chi connectivity index (χ0n) is 6.46. The second-order valence-electron chi connectivity index (χ2n) is 2.09. The van der Waals surface area contributed by atoms with E-state index >= 15 is 0 Å². The van der Waals surface area contributed by atoms with Gasteiger partial charge in [-0.2, -0.15) is 0 Å². The van der Waals surface area contributed by atoms with E-state index in [-0.39, 0.29) is 0 Å². The molecule has 0 aromatic carbocycles. The van der Waals surface area contributed by atoms with Crippen LogP contribution in [0.5, 0.6) is 0 Å². The quantitative estimate of drug-likeness (QED) is 0.562. The van der Waals surface area contributed by atoms with Crippen molar-refractivity contribution in [3.63, 3.8) is 0 Å². The molecule has 0 radical (unpaired) electrons. The van der Waals surface area contributed by atoms with Crippen molar-refractivity contribution in [2.45, 2.75) is 13.3 Å². The number of nitrogen functional groups attached to an aromatic ring is 1. The van der Waals surface area contributed by atoms with E-state index in [1.807, 2.05) is 19.1 Å². The number of nitrogens with zero attached hydrogens (tertiary/aromatic N) is 1. The minimum Gasteiger partial charge on any atom is -0.383 e. The molecular weight excluding hydrogens is 136 g/mol. The van der Waals surface area contributed by atoms with Crippen LogP contribution in [-0.2, 0) is 0 Å². The van der Waals surface area contributed by atoms with Crippen molar-refractivity contribution in [2.75, 3.05) is 5.73 Å². The van der Waals surface area contributed by atoms with Gasteiger partial charge in [-0.1, -0.05) is 18.8 Å². The third kappa shape index (κ3) is 1.98. The SMILES string of the molecule is CCC#Cc1cccnc1N. The molecule has 0 fully saturated rings. The molecule has 56 valence electrons. The molecule has 0 aliphatic carbocycles. The van der Waals surface area contributed by atoms with Gasteiger partial charge in [-0.25, -0.2) is 4.98 Å². The lowest BCUT2D eigenvalue weighted by Crippen LogP contribution is -1.92. The Balaban J connectivity index is 2.95. The fourth-order valence-corrected chi connectivity index (χ4v) is 0.707. The first kappa shape index (κ1) is 7.62. The molecule has 1 aromatic rings. The molecule has 1 heterocycles. The normalized spacial score (nSPS) is 8.45. The Morgan fingerprint density at radius 1 is 1.64 bits per heavy atom. The molecule has 0 atom stereocenters. The second-order valence-corrected chi connectivity index (χ2v) is 2.09. The van der Waals surface area contributed by atoms with Crippen LogP contribution in [0, 0.1) is 11.8 Å². The van der Waals surface area contributed by atoms with E-state index in [9.17, 15) is 0 Å². The summed E-state index contributed by atoms with van der Waals surface area (Å²) in [6.45, 7) is 2.00. The van der Waals surface area contributed by atoms with Gasteiger partial charge in [-0.3, -0.25) is 0 Å². The highest BCUT2D eigenvalue weighted by Gasteiger charge is 1.91. The van der Waals surface area contributed by atoms with Crippen LogP contribution in [0.2, 0.25) is 0 Å². The molecule has 2 heteroatoms. The smallest absolute Gasteiger partial charge is 0.139 e. The highest BCUT2D eigenvalue weighted by Crippen LogP contribution is 2.03. The van der Waals surface area contributed by atoms with E-state index in [2.05, 4.69) is 16.8 Å². The third-order valence-electron chi connectivity index (χ3n) is 1.24. The van der Waals surface area contributed by atoms with Gasteiger partial charge in [0.05, 0.1) is 5.56 Å². The Kier molecular flexibility index (Phi) is 2.51. The van der Waals surface area contributed by atoms with Crippen molar-refractivity contribution in [2.24, 2.45) is 0 Å². The maximum absolute atomic E-state index is 5.55. The van der Waals surface area contributed by atoms with E-state index in [4.69, 9.17) is 5.73 Å². The molecule has 0 aliphatic rings. The lowest BCUT2D eigenvalue weighted by molar-refractivity contribution is 1.27. The number of nitrogens with two attached hydrogens (primary N) is 1. The lowest BCUT2D eigenvalue weighted by atomic mass is 10.2. The maximum atomic E-state index is 5.55. The van der Waals surface area contributed by atoms with Crippen LogP contribution < -0.4 is 5.73 Å². The largest absolute Gasteiger partial charge is 0.383 e. The number of hydrogen-bond acceptors (Lipinski definition) is 2. The topological polar surface area (TPSA) is 38.9 Å². The summed E-state index contributed by atoms with van der Waals surface area (Å²) in [6, 6.07) is 3.70. The monoisotopic (exact) mass is 146 g/mol. The summed E-state index contributed by atoms with van der Waals surface area (Å²) in [5.74, 6) is 6.37. The molecule has 2 N–H and O–H groups in total. The van der Waals surface area contributed by atoms with Crippen LogP contribution in [0.1, 0.15) is 18.9 Å². The van der Waals surface area contributed by atoms with Crippen LogP contribution in [-0.4, -0.2) is 4.98 Å². The Morgan fingerprint density at radius 3 is 3.09 bits per heavy atom. The zero-order chi connectivity index (χ0) is 8.10. The Hall–Kier alpha value is -1.49. The number of rotatable bonds is 0. The first-order valence-corrected chi connectivity index (χ1v) is 3.54. The molecule has 0 aliphatic heterocycles. The highest BCUT2D eigenvalue weighted by molar-refractivity contribution is 5.49. The van der Waals surface area contributed by atoms with E-state index < -0.39 is 0 Å². The zero-order valence-corrected chi connectivity index (χ0v) is 6.46. The van der Waals surface area contributed by atoms with E-state index in [1.165, 1.54) is 0 Å². The van der Waals surface area contributed by atoms with E-state index in [0.717, 1.165) is 12.0 Å². The molecule has 0 bridgehead atoms. The van der Waals surface area contributed by atoms with Gasteiger partial charge in [-0.05, 0) is 12.1 Å². The van der Waals surface area contributed by atoms with E-state index in [0.29, 0.717) is 5.82 Å². The van der Waals surface area contributed by atoms with Gasteiger partial charge < -0.3 is 5.73 Å². The second kappa shape index (κ2) is 3.62. The molecular formula is C9H10N2. The molecule has 0 saturated carbocycles. The fourth-order valence-electron chi connectivity index (χ4n) is 0.707. The van der Waals surface area contributed by atoms with Crippen LogP contribution in [0.15, 0.2) is 18.3 Å². The first-order valence-electron chi connectivity index (χ1n) is 3.54. The first-order chi connectivity index (χ1) is 5.34. The van der Waals surface area contributed by atoms with Gasteiger partial charge in [0.25, 0.3) is 0 Å². The lowest BCUT2D eigenvalue weighted by Gasteiger charge is -1.92. The summed E-state index contributed by atoms with van der Waals surface area (Å²) in [7, 11) is 0. The van der Waals surface area contributed by atoms with Crippen molar-refractivity contribution < 1.29 is 0 Å². The molecule has 1 rings (SSSR count). The summed E-state index contributed by atoms with van der Waals surface area (Å²) in [4.78, 5) is 3.91. The Morgan fingerprint density at radius 2 is 2.45 bits per heavy atom. The van der Waals surface area contributed by atoms with Gasteiger partial charge in [0.15, 0.2) is 0 Å². The number of aromatic nitrogens is 1. The van der Waals surface area contributed by atoms with Crippen LogP contribution in [0.3, 0.4) is 0 Å². The average Bonchev–Trinajstić information content (AvgIpc) is 2.03. The Labute approximate surface area is 66.4 Å². The van der Waals surface area contributed by atoms with Crippen LogP contribution in [0.4, 0.5) is 5.82 Å². The maximum Gasteiger partial charge on any atom is 0.139 e. The summed E-state index contributed by atoms with van der Waals surface area (Å²) in [5.41, 5.74) is 6.36. The standard InChI is InChI=1S/C9H10N2/c1-2-3-5-8-6-4-7-11-9(8)10/h4,6-7H,2H2,1H3,(H2,10,11). The summed E-state index contributed by atoms with van der Waals surface area (Å²) >= 11 is 0. The number of hydrogen-bond donors (Lipinski definition) is 1. The van der Waals surface area contributed by atoms with Crippen molar-refractivity contribution >= 4 is 5.82 Å². The summed E-state index contributed by atoms with van der Waals surface area (Å²) in [5, 5.41) is 0. The van der Waals surface area contributed by atoms with Crippen LogP contribution >= 0.6 is 0 Å². The fraction of sp³-hybridized carbons (Fsp3) is 0.222. The molecule has 11 heavy (non-hydrogen) atoms.